The number of halogens is 1. The van der Waals surface area contributed by atoms with E-state index >= 15 is 0 Å². The van der Waals surface area contributed by atoms with Crippen molar-refractivity contribution in [1.82, 2.24) is 5.32 Å². The van der Waals surface area contributed by atoms with E-state index in [-0.39, 0.29) is 6.10 Å². The third-order valence-corrected chi connectivity index (χ3v) is 4.34. The Morgan fingerprint density at radius 3 is 2.63 bits per heavy atom. The summed E-state index contributed by atoms with van der Waals surface area (Å²) in [6, 6.07) is 6.28. The first-order chi connectivity index (χ1) is 9.11. The van der Waals surface area contributed by atoms with E-state index in [2.05, 4.69) is 28.4 Å². The molecule has 1 aromatic rings. The molecule has 1 aromatic carbocycles. The molecule has 0 saturated carbocycles. The van der Waals surface area contributed by atoms with E-state index in [0.29, 0.717) is 5.92 Å². The van der Waals surface area contributed by atoms with Gasteiger partial charge >= 0.3 is 0 Å². The maximum Gasteiger partial charge on any atom is 0.0541 e. The Hall–Kier alpha value is -0.770. The lowest BCUT2D eigenvalue weighted by molar-refractivity contribution is 0.110. The molecule has 2 rings (SSSR count). The van der Waals surface area contributed by atoms with Gasteiger partial charge in [-0.1, -0.05) is 17.7 Å². The third kappa shape index (κ3) is 3.62. The summed E-state index contributed by atoms with van der Waals surface area (Å²) in [6.45, 7) is 4.68. The van der Waals surface area contributed by atoms with E-state index < -0.39 is 0 Å². The molecule has 1 saturated heterocycles. The average molecular weight is 283 g/mol. The molecule has 0 amide bonds. The quantitative estimate of drug-likeness (QED) is 0.891. The molecule has 0 bridgehead atoms. The molecule has 1 atom stereocenters. The summed E-state index contributed by atoms with van der Waals surface area (Å²) < 4.78 is 0. The molecule has 0 aliphatic carbocycles. The highest BCUT2D eigenvalue weighted by molar-refractivity contribution is 6.31. The zero-order valence-corrected chi connectivity index (χ0v) is 12.5. The van der Waals surface area contributed by atoms with Crippen LogP contribution in [0, 0.1) is 5.92 Å². The Morgan fingerprint density at radius 2 is 2.11 bits per heavy atom. The molecule has 0 radical (unpaired) electrons. The summed E-state index contributed by atoms with van der Waals surface area (Å²) in [5, 5.41) is 13.6. The van der Waals surface area contributed by atoms with Gasteiger partial charge in [-0.3, -0.25) is 0 Å². The van der Waals surface area contributed by atoms with E-state index in [0.717, 1.165) is 43.1 Å². The Balaban J connectivity index is 2.01. The first-order valence-corrected chi connectivity index (χ1v) is 7.35. The van der Waals surface area contributed by atoms with Crippen molar-refractivity contribution in [3.63, 3.8) is 0 Å². The number of piperidine rings is 1. The predicted octanol–water partition coefficient (Wildman–Crippen LogP) is 2.66. The number of aliphatic hydroxyl groups excluding tert-OH is 1. The topological polar surface area (TPSA) is 35.5 Å². The SMILES string of the molecule is CNCc1ccc(N2CCC(C(C)O)CC2)cc1Cl. The molecule has 1 fully saturated rings. The molecule has 0 spiro atoms. The Morgan fingerprint density at radius 1 is 1.42 bits per heavy atom. The summed E-state index contributed by atoms with van der Waals surface area (Å²) in [5.41, 5.74) is 2.32. The van der Waals surface area contributed by atoms with Crippen molar-refractivity contribution in [2.24, 2.45) is 5.92 Å². The van der Waals surface area contributed by atoms with E-state index in [9.17, 15) is 5.11 Å². The molecule has 106 valence electrons. The summed E-state index contributed by atoms with van der Waals surface area (Å²) in [6.07, 6.45) is 1.91. The number of rotatable bonds is 4. The maximum atomic E-state index is 9.63. The molecule has 1 heterocycles. The fraction of sp³-hybridized carbons (Fsp3) is 0.600. The van der Waals surface area contributed by atoms with E-state index in [4.69, 9.17) is 11.6 Å². The van der Waals surface area contributed by atoms with Crippen LogP contribution in [0.15, 0.2) is 18.2 Å². The highest BCUT2D eigenvalue weighted by atomic mass is 35.5. The molecule has 19 heavy (non-hydrogen) atoms. The number of hydrogen-bond acceptors (Lipinski definition) is 3. The van der Waals surface area contributed by atoms with Crippen LogP contribution in [0.1, 0.15) is 25.3 Å². The number of nitrogens with zero attached hydrogens (tertiary/aromatic N) is 1. The lowest BCUT2D eigenvalue weighted by atomic mass is 9.92. The van der Waals surface area contributed by atoms with Crippen molar-refractivity contribution in [1.29, 1.82) is 0 Å². The van der Waals surface area contributed by atoms with Gasteiger partial charge in [-0.15, -0.1) is 0 Å². The highest BCUT2D eigenvalue weighted by Crippen LogP contribution is 2.28. The van der Waals surface area contributed by atoms with E-state index in [1.807, 2.05) is 14.0 Å². The van der Waals surface area contributed by atoms with Crippen LogP contribution in [0.5, 0.6) is 0 Å². The van der Waals surface area contributed by atoms with Gasteiger partial charge in [0.25, 0.3) is 0 Å². The van der Waals surface area contributed by atoms with Crippen molar-refractivity contribution in [2.45, 2.75) is 32.4 Å². The van der Waals surface area contributed by atoms with Gasteiger partial charge in [0.05, 0.1) is 6.10 Å². The van der Waals surface area contributed by atoms with Crippen molar-refractivity contribution in [3.05, 3.63) is 28.8 Å². The van der Waals surface area contributed by atoms with Gasteiger partial charge in [-0.25, -0.2) is 0 Å². The predicted molar refractivity (Wildman–Crippen MR) is 80.8 cm³/mol. The van der Waals surface area contributed by atoms with Crippen molar-refractivity contribution < 1.29 is 5.11 Å². The number of nitrogens with one attached hydrogen (secondary N) is 1. The van der Waals surface area contributed by atoms with Crippen molar-refractivity contribution in [3.8, 4) is 0 Å². The summed E-state index contributed by atoms with van der Waals surface area (Å²) in [5.74, 6) is 0.440. The third-order valence-electron chi connectivity index (χ3n) is 3.99. The number of hydrogen-bond donors (Lipinski definition) is 2. The van der Waals surface area contributed by atoms with Crippen molar-refractivity contribution in [2.75, 3.05) is 25.0 Å². The molecule has 4 heteroatoms. The molecule has 1 aliphatic heterocycles. The fourth-order valence-corrected chi connectivity index (χ4v) is 2.95. The van der Waals surface area contributed by atoms with Crippen LogP contribution in [0.4, 0.5) is 5.69 Å². The van der Waals surface area contributed by atoms with Gasteiger partial charge in [0.15, 0.2) is 0 Å². The smallest absolute Gasteiger partial charge is 0.0541 e. The number of anilines is 1. The molecular formula is C15H23ClN2O. The standard InChI is InChI=1S/C15H23ClN2O/c1-11(19)12-5-7-18(8-6-12)14-4-3-13(10-17-2)15(16)9-14/h3-4,9,11-12,17,19H,5-8,10H2,1-2H3. The van der Waals surface area contributed by atoms with E-state index in [1.165, 1.54) is 5.69 Å². The van der Waals surface area contributed by atoms with Gasteiger partial charge in [-0.05, 0) is 50.4 Å². The lowest BCUT2D eigenvalue weighted by Gasteiger charge is -2.35. The van der Waals surface area contributed by atoms with Crippen LogP contribution >= 0.6 is 11.6 Å². The van der Waals surface area contributed by atoms with Crippen LogP contribution in [0.2, 0.25) is 5.02 Å². The van der Waals surface area contributed by atoms with Gasteiger partial charge in [0.2, 0.25) is 0 Å². The molecular weight excluding hydrogens is 260 g/mol. The van der Waals surface area contributed by atoms with Crippen LogP contribution in [0.25, 0.3) is 0 Å². The summed E-state index contributed by atoms with van der Waals surface area (Å²) in [4.78, 5) is 2.36. The molecule has 2 N–H and O–H groups in total. The largest absolute Gasteiger partial charge is 0.393 e. The first-order valence-electron chi connectivity index (χ1n) is 6.98. The minimum absolute atomic E-state index is 0.191. The normalized spacial score (nSPS) is 18.6. The van der Waals surface area contributed by atoms with Crippen LogP contribution < -0.4 is 10.2 Å². The van der Waals surface area contributed by atoms with Crippen LogP contribution in [-0.4, -0.2) is 31.3 Å². The molecule has 3 nitrogen and oxygen atoms in total. The Bertz CT molecular complexity index is 415. The first kappa shape index (κ1) is 14.6. The molecule has 0 aromatic heterocycles. The van der Waals surface area contributed by atoms with Gasteiger partial charge < -0.3 is 15.3 Å². The monoisotopic (exact) mass is 282 g/mol. The van der Waals surface area contributed by atoms with Crippen molar-refractivity contribution >= 4 is 17.3 Å². The highest BCUT2D eigenvalue weighted by Gasteiger charge is 2.22. The zero-order valence-electron chi connectivity index (χ0n) is 11.7. The molecule has 1 unspecified atom stereocenters. The second-order valence-electron chi connectivity index (χ2n) is 5.37. The lowest BCUT2D eigenvalue weighted by Crippen LogP contribution is -2.37. The van der Waals surface area contributed by atoms with Gasteiger partial charge in [-0.2, -0.15) is 0 Å². The Labute approximate surface area is 120 Å². The van der Waals surface area contributed by atoms with Crippen LogP contribution in [-0.2, 0) is 6.54 Å². The number of benzene rings is 1. The second kappa shape index (κ2) is 6.60. The average Bonchev–Trinajstić information content (AvgIpc) is 2.41. The van der Waals surface area contributed by atoms with Gasteiger partial charge in [0, 0.05) is 30.3 Å². The van der Waals surface area contributed by atoms with E-state index in [1.54, 1.807) is 0 Å². The number of aliphatic hydroxyl groups is 1. The fourth-order valence-electron chi connectivity index (χ4n) is 2.71. The summed E-state index contributed by atoms with van der Waals surface area (Å²) >= 11 is 6.30. The van der Waals surface area contributed by atoms with Crippen LogP contribution in [0.3, 0.4) is 0 Å². The molecule has 1 aliphatic rings. The second-order valence-corrected chi connectivity index (χ2v) is 5.78. The minimum atomic E-state index is -0.191. The van der Waals surface area contributed by atoms with Gasteiger partial charge in [0.1, 0.15) is 0 Å². The maximum absolute atomic E-state index is 9.63. The summed E-state index contributed by atoms with van der Waals surface area (Å²) in [7, 11) is 1.92. The minimum Gasteiger partial charge on any atom is -0.393 e. The Kier molecular flexibility index (Phi) is 5.08. The zero-order chi connectivity index (χ0) is 13.8.